The van der Waals surface area contributed by atoms with E-state index in [0.717, 1.165) is 12.0 Å². The topological polar surface area (TPSA) is 64.3 Å². The van der Waals surface area contributed by atoms with Gasteiger partial charge in [0.05, 0.1) is 0 Å². The second-order valence-corrected chi connectivity index (χ2v) is 3.88. The smallest absolute Gasteiger partial charge is 0.246 e. The van der Waals surface area contributed by atoms with Gasteiger partial charge in [-0.15, -0.1) is 0 Å². The number of benzene rings is 1. The van der Waals surface area contributed by atoms with Gasteiger partial charge in [0.25, 0.3) is 0 Å². The van der Waals surface area contributed by atoms with Gasteiger partial charge in [-0.1, -0.05) is 24.3 Å². The van der Waals surface area contributed by atoms with Gasteiger partial charge < -0.3 is 15.8 Å². The van der Waals surface area contributed by atoms with Crippen LogP contribution in [0.5, 0.6) is 0 Å². The molecule has 1 atom stereocenters. The fraction of sp³-hybridized carbons (Fsp3) is 0.417. The molecule has 3 N–H and O–H groups in total. The third-order valence-corrected chi connectivity index (χ3v) is 2.68. The molecular weight excluding hydrogens is 204 g/mol. The van der Waals surface area contributed by atoms with Crippen LogP contribution >= 0.6 is 0 Å². The van der Waals surface area contributed by atoms with E-state index in [1.54, 1.807) is 0 Å². The molecule has 0 radical (unpaired) electrons. The van der Waals surface area contributed by atoms with Crippen LogP contribution in [0.4, 0.5) is 0 Å². The van der Waals surface area contributed by atoms with Crippen LogP contribution in [0, 0.1) is 0 Å². The monoisotopic (exact) mass is 220 g/mol. The van der Waals surface area contributed by atoms with Crippen molar-refractivity contribution in [2.24, 2.45) is 5.73 Å². The van der Waals surface area contributed by atoms with Crippen LogP contribution in [0.25, 0.3) is 0 Å². The fourth-order valence-corrected chi connectivity index (χ4v) is 1.77. The van der Waals surface area contributed by atoms with Crippen LogP contribution < -0.4 is 11.1 Å². The molecule has 1 aliphatic heterocycles. The number of nitrogens with two attached hydrogens (primary N) is 1. The maximum Gasteiger partial charge on any atom is 0.246 e. The fourth-order valence-electron chi connectivity index (χ4n) is 1.77. The molecule has 1 saturated heterocycles. The number of hydrogen-bond acceptors (Lipinski definition) is 3. The van der Waals surface area contributed by atoms with Crippen LogP contribution in [0.15, 0.2) is 24.3 Å². The molecule has 1 fully saturated rings. The van der Waals surface area contributed by atoms with Crippen molar-refractivity contribution in [3.63, 3.8) is 0 Å². The number of morpholine rings is 1. The van der Waals surface area contributed by atoms with Gasteiger partial charge in [-0.2, -0.15) is 0 Å². The molecule has 1 amide bonds. The van der Waals surface area contributed by atoms with Crippen LogP contribution in [0.1, 0.15) is 17.2 Å². The molecule has 2 rings (SSSR count). The lowest BCUT2D eigenvalue weighted by molar-refractivity contribution is -0.133. The van der Waals surface area contributed by atoms with Gasteiger partial charge in [-0.3, -0.25) is 4.79 Å². The molecule has 0 bridgehead atoms. The van der Waals surface area contributed by atoms with E-state index in [1.807, 2.05) is 12.1 Å². The van der Waals surface area contributed by atoms with Gasteiger partial charge >= 0.3 is 0 Å². The molecule has 0 aliphatic carbocycles. The molecule has 16 heavy (non-hydrogen) atoms. The molecule has 0 spiro atoms. The van der Waals surface area contributed by atoms with Gasteiger partial charge in [0.15, 0.2) is 0 Å². The van der Waals surface area contributed by atoms with E-state index in [-0.39, 0.29) is 18.6 Å². The molecular formula is C12H16N2O2. The maximum absolute atomic E-state index is 10.9. The first-order valence-corrected chi connectivity index (χ1v) is 5.47. The minimum absolute atomic E-state index is 0.0235. The molecule has 1 unspecified atom stereocenters. The van der Waals surface area contributed by atoms with E-state index >= 15 is 0 Å². The number of amides is 1. The second kappa shape index (κ2) is 5.09. The molecule has 1 heterocycles. The summed E-state index contributed by atoms with van der Waals surface area (Å²) in [4.78, 5) is 10.9. The standard InChI is InChI=1S/C12H16N2O2/c13-6-5-9-1-3-10(4-2-9)11-7-14-12(15)8-16-11/h1-4,11H,5-8,13H2,(H,14,15). The SMILES string of the molecule is NCCc1ccc(C2CNC(=O)CO2)cc1. The second-order valence-electron chi connectivity index (χ2n) is 3.88. The Bertz CT molecular complexity index is 352. The van der Waals surface area contributed by atoms with Crippen molar-refractivity contribution in [3.8, 4) is 0 Å². The van der Waals surface area contributed by atoms with E-state index in [4.69, 9.17) is 10.5 Å². The van der Waals surface area contributed by atoms with Crippen LogP contribution in [-0.2, 0) is 16.0 Å². The summed E-state index contributed by atoms with van der Waals surface area (Å²) < 4.78 is 5.44. The largest absolute Gasteiger partial charge is 0.362 e. The van der Waals surface area contributed by atoms with E-state index in [9.17, 15) is 4.79 Å². The Balaban J connectivity index is 2.01. The first-order valence-electron chi connectivity index (χ1n) is 5.47. The zero-order chi connectivity index (χ0) is 11.4. The Kier molecular flexibility index (Phi) is 3.54. The van der Waals surface area contributed by atoms with Gasteiger partial charge in [0, 0.05) is 6.54 Å². The van der Waals surface area contributed by atoms with Crippen LogP contribution in [-0.4, -0.2) is 25.6 Å². The normalized spacial score (nSPS) is 20.6. The van der Waals surface area contributed by atoms with Crippen molar-refractivity contribution in [3.05, 3.63) is 35.4 Å². The summed E-state index contributed by atoms with van der Waals surface area (Å²) in [5.74, 6) is -0.0454. The van der Waals surface area contributed by atoms with Crippen molar-refractivity contribution in [1.29, 1.82) is 0 Å². The van der Waals surface area contributed by atoms with E-state index in [2.05, 4.69) is 17.4 Å². The summed E-state index contributed by atoms with van der Waals surface area (Å²) in [7, 11) is 0. The average Bonchev–Trinajstić information content (AvgIpc) is 2.32. The molecule has 1 aromatic rings. The Morgan fingerprint density at radius 2 is 2.12 bits per heavy atom. The third-order valence-electron chi connectivity index (χ3n) is 2.68. The van der Waals surface area contributed by atoms with Gasteiger partial charge in [0.1, 0.15) is 12.7 Å². The Morgan fingerprint density at radius 3 is 2.69 bits per heavy atom. The van der Waals surface area contributed by atoms with Gasteiger partial charge in [-0.25, -0.2) is 0 Å². The quantitative estimate of drug-likeness (QED) is 0.773. The number of carbonyl (C=O) groups is 1. The molecule has 0 aromatic heterocycles. The van der Waals surface area contributed by atoms with Crippen molar-refractivity contribution < 1.29 is 9.53 Å². The first-order chi connectivity index (χ1) is 7.79. The summed E-state index contributed by atoms with van der Waals surface area (Å²) in [6.45, 7) is 1.36. The summed E-state index contributed by atoms with van der Waals surface area (Å²) in [5, 5.41) is 2.79. The van der Waals surface area contributed by atoms with E-state index < -0.39 is 0 Å². The molecule has 86 valence electrons. The van der Waals surface area contributed by atoms with Crippen LogP contribution in [0.3, 0.4) is 0 Å². The average molecular weight is 220 g/mol. The van der Waals surface area contributed by atoms with E-state index in [1.165, 1.54) is 5.56 Å². The number of ether oxygens (including phenoxy) is 1. The predicted molar refractivity (Wildman–Crippen MR) is 60.9 cm³/mol. The van der Waals surface area contributed by atoms with Crippen molar-refractivity contribution in [2.45, 2.75) is 12.5 Å². The summed E-state index contributed by atoms with van der Waals surface area (Å²) >= 11 is 0. The highest BCUT2D eigenvalue weighted by Crippen LogP contribution is 2.19. The molecule has 4 heteroatoms. The molecule has 0 saturated carbocycles. The highest BCUT2D eigenvalue weighted by atomic mass is 16.5. The van der Waals surface area contributed by atoms with Crippen molar-refractivity contribution >= 4 is 5.91 Å². The molecule has 4 nitrogen and oxygen atoms in total. The van der Waals surface area contributed by atoms with Crippen molar-refractivity contribution in [2.75, 3.05) is 19.7 Å². The van der Waals surface area contributed by atoms with Gasteiger partial charge in [-0.05, 0) is 24.1 Å². The Hall–Kier alpha value is -1.39. The number of nitrogens with one attached hydrogen (secondary N) is 1. The minimum atomic E-state index is -0.0454. The Morgan fingerprint density at radius 1 is 1.38 bits per heavy atom. The maximum atomic E-state index is 10.9. The van der Waals surface area contributed by atoms with Crippen LogP contribution in [0.2, 0.25) is 0 Å². The molecule has 1 aliphatic rings. The Labute approximate surface area is 94.8 Å². The number of hydrogen-bond donors (Lipinski definition) is 2. The predicted octanol–water partition coefficient (Wildman–Crippen LogP) is 0.375. The van der Waals surface area contributed by atoms with E-state index in [0.29, 0.717) is 13.1 Å². The number of carbonyl (C=O) groups excluding carboxylic acids is 1. The highest BCUT2D eigenvalue weighted by Gasteiger charge is 2.19. The molecule has 1 aromatic carbocycles. The van der Waals surface area contributed by atoms with Gasteiger partial charge in [0.2, 0.25) is 5.91 Å². The lowest BCUT2D eigenvalue weighted by atomic mass is 10.0. The zero-order valence-electron chi connectivity index (χ0n) is 9.11. The first kappa shape index (κ1) is 11.1. The highest BCUT2D eigenvalue weighted by molar-refractivity contribution is 5.77. The minimum Gasteiger partial charge on any atom is -0.362 e. The summed E-state index contributed by atoms with van der Waals surface area (Å²) in [6, 6.07) is 8.18. The summed E-state index contributed by atoms with van der Waals surface area (Å²) in [5.41, 5.74) is 7.81. The third kappa shape index (κ3) is 2.59. The zero-order valence-corrected chi connectivity index (χ0v) is 9.11. The number of rotatable bonds is 3. The lowest BCUT2D eigenvalue weighted by Gasteiger charge is -2.23. The lowest BCUT2D eigenvalue weighted by Crippen LogP contribution is -2.38. The van der Waals surface area contributed by atoms with Crippen molar-refractivity contribution in [1.82, 2.24) is 5.32 Å². The summed E-state index contributed by atoms with van der Waals surface area (Å²) in [6.07, 6.45) is 0.868.